The van der Waals surface area contributed by atoms with Crippen molar-refractivity contribution >= 4 is 17.8 Å². The third-order valence-corrected chi connectivity index (χ3v) is 3.39. The highest BCUT2D eigenvalue weighted by Crippen LogP contribution is 2.10. The first kappa shape index (κ1) is 15.9. The van der Waals surface area contributed by atoms with Crippen LogP contribution in [-0.4, -0.2) is 35.3 Å². The van der Waals surface area contributed by atoms with Crippen molar-refractivity contribution < 1.29 is 18.8 Å². The topological polar surface area (TPSA) is 78.5 Å². The van der Waals surface area contributed by atoms with Crippen LogP contribution in [0.15, 0.2) is 24.3 Å². The third kappa shape index (κ3) is 3.81. The molecule has 2 N–H and O–H groups in total. The molecule has 1 aliphatic heterocycles. The predicted octanol–water partition coefficient (Wildman–Crippen LogP) is 1.16. The molecule has 0 radical (unpaired) electrons. The maximum Gasteiger partial charge on any atom is 0.325 e. The van der Waals surface area contributed by atoms with Gasteiger partial charge in [-0.1, -0.05) is 25.5 Å². The molecule has 0 aliphatic carbocycles. The summed E-state index contributed by atoms with van der Waals surface area (Å²) in [5, 5.41) is 5.15. The fraction of sp³-hybridized carbons (Fsp3) is 0.400. The Balaban J connectivity index is 1.85. The summed E-state index contributed by atoms with van der Waals surface area (Å²) in [4.78, 5) is 36.4. The Morgan fingerprint density at radius 2 is 2.00 bits per heavy atom. The number of rotatable bonds is 6. The molecule has 4 amide bonds. The first-order chi connectivity index (χ1) is 10.5. The predicted molar refractivity (Wildman–Crippen MR) is 77.2 cm³/mol. The standard InChI is InChI=1S/C15H18FN3O3/c1-2-3-12-14(21)19(15(22)18-12)9-13(20)17-8-10-4-6-11(16)7-5-10/h4-7,12H,2-3,8-9H2,1H3,(H,17,20)(H,18,22). The smallest absolute Gasteiger partial charge is 0.325 e. The summed E-state index contributed by atoms with van der Waals surface area (Å²) in [6, 6.07) is 4.63. The zero-order valence-corrected chi connectivity index (χ0v) is 12.3. The van der Waals surface area contributed by atoms with E-state index < -0.39 is 18.0 Å². The van der Waals surface area contributed by atoms with E-state index in [1.807, 2.05) is 6.92 Å². The molecule has 1 unspecified atom stereocenters. The van der Waals surface area contributed by atoms with Crippen LogP contribution in [0.3, 0.4) is 0 Å². The van der Waals surface area contributed by atoms with Crippen molar-refractivity contribution in [3.8, 4) is 0 Å². The van der Waals surface area contributed by atoms with E-state index in [-0.39, 0.29) is 24.8 Å². The van der Waals surface area contributed by atoms with Crippen LogP contribution in [0, 0.1) is 5.82 Å². The highest BCUT2D eigenvalue weighted by atomic mass is 19.1. The lowest BCUT2D eigenvalue weighted by Crippen LogP contribution is -2.41. The number of halogens is 1. The lowest BCUT2D eigenvalue weighted by atomic mass is 10.2. The van der Waals surface area contributed by atoms with Gasteiger partial charge in [0.2, 0.25) is 5.91 Å². The van der Waals surface area contributed by atoms with E-state index >= 15 is 0 Å². The second-order valence-electron chi connectivity index (χ2n) is 5.12. The molecule has 2 rings (SSSR count). The zero-order chi connectivity index (χ0) is 16.1. The Bertz CT molecular complexity index is 574. The van der Waals surface area contributed by atoms with Crippen LogP contribution in [0.25, 0.3) is 0 Å². The van der Waals surface area contributed by atoms with Crippen LogP contribution in [-0.2, 0) is 16.1 Å². The first-order valence-corrected chi connectivity index (χ1v) is 7.14. The minimum atomic E-state index is -0.541. The van der Waals surface area contributed by atoms with Gasteiger partial charge in [-0.05, 0) is 24.1 Å². The monoisotopic (exact) mass is 307 g/mol. The molecule has 1 aromatic rings. The van der Waals surface area contributed by atoms with Crippen molar-refractivity contribution in [2.75, 3.05) is 6.54 Å². The number of benzene rings is 1. The van der Waals surface area contributed by atoms with Gasteiger partial charge in [0.15, 0.2) is 0 Å². The van der Waals surface area contributed by atoms with Crippen LogP contribution >= 0.6 is 0 Å². The van der Waals surface area contributed by atoms with E-state index in [0.717, 1.165) is 16.9 Å². The van der Waals surface area contributed by atoms with Gasteiger partial charge in [-0.2, -0.15) is 0 Å². The van der Waals surface area contributed by atoms with Gasteiger partial charge in [0.05, 0.1) is 0 Å². The number of hydrogen-bond acceptors (Lipinski definition) is 3. The summed E-state index contributed by atoms with van der Waals surface area (Å²) in [7, 11) is 0. The summed E-state index contributed by atoms with van der Waals surface area (Å²) in [5.74, 6) is -1.16. The molecule has 1 aliphatic rings. The molecule has 0 bridgehead atoms. The molecule has 1 atom stereocenters. The number of hydrogen-bond donors (Lipinski definition) is 2. The average molecular weight is 307 g/mol. The van der Waals surface area contributed by atoms with Gasteiger partial charge in [-0.25, -0.2) is 9.18 Å². The minimum Gasteiger partial charge on any atom is -0.350 e. The molecule has 0 aromatic heterocycles. The molecule has 118 valence electrons. The maximum absolute atomic E-state index is 12.8. The molecular formula is C15H18FN3O3. The molecule has 22 heavy (non-hydrogen) atoms. The van der Waals surface area contributed by atoms with Crippen LogP contribution < -0.4 is 10.6 Å². The van der Waals surface area contributed by atoms with Gasteiger partial charge in [0.1, 0.15) is 18.4 Å². The Morgan fingerprint density at radius 3 is 2.64 bits per heavy atom. The lowest BCUT2D eigenvalue weighted by Gasteiger charge is -2.13. The Labute approximate surface area is 127 Å². The summed E-state index contributed by atoms with van der Waals surface area (Å²) < 4.78 is 12.8. The maximum atomic E-state index is 12.8. The summed E-state index contributed by atoms with van der Waals surface area (Å²) in [6.45, 7) is 1.81. The second-order valence-corrected chi connectivity index (χ2v) is 5.12. The Kier molecular flexibility index (Phi) is 5.08. The number of amides is 4. The molecular weight excluding hydrogens is 289 g/mol. The average Bonchev–Trinajstić information content (AvgIpc) is 2.75. The fourth-order valence-corrected chi connectivity index (χ4v) is 2.21. The van der Waals surface area contributed by atoms with Crippen molar-refractivity contribution in [3.63, 3.8) is 0 Å². The molecule has 1 aromatic carbocycles. The lowest BCUT2D eigenvalue weighted by molar-refractivity contribution is -0.132. The van der Waals surface area contributed by atoms with Gasteiger partial charge >= 0.3 is 6.03 Å². The molecule has 1 heterocycles. The van der Waals surface area contributed by atoms with Crippen molar-refractivity contribution in [2.24, 2.45) is 0 Å². The van der Waals surface area contributed by atoms with E-state index in [0.29, 0.717) is 6.42 Å². The van der Waals surface area contributed by atoms with Crippen LogP contribution in [0.4, 0.5) is 9.18 Å². The third-order valence-electron chi connectivity index (χ3n) is 3.39. The van der Waals surface area contributed by atoms with Crippen LogP contribution in [0.5, 0.6) is 0 Å². The molecule has 0 spiro atoms. The Morgan fingerprint density at radius 1 is 1.32 bits per heavy atom. The molecule has 0 saturated carbocycles. The molecule has 7 heteroatoms. The van der Waals surface area contributed by atoms with Crippen molar-refractivity contribution in [3.05, 3.63) is 35.6 Å². The molecule has 6 nitrogen and oxygen atoms in total. The first-order valence-electron chi connectivity index (χ1n) is 7.14. The van der Waals surface area contributed by atoms with Crippen LogP contribution in [0.1, 0.15) is 25.3 Å². The van der Waals surface area contributed by atoms with Gasteiger partial charge in [0, 0.05) is 6.54 Å². The number of carbonyl (C=O) groups is 3. The highest BCUT2D eigenvalue weighted by molar-refractivity contribution is 6.06. The molecule has 1 saturated heterocycles. The van der Waals surface area contributed by atoms with Crippen molar-refractivity contribution in [2.45, 2.75) is 32.4 Å². The normalized spacial score (nSPS) is 17.5. The number of imide groups is 1. The SMILES string of the molecule is CCCC1NC(=O)N(CC(=O)NCc2ccc(F)cc2)C1=O. The fourth-order valence-electron chi connectivity index (χ4n) is 2.21. The highest BCUT2D eigenvalue weighted by Gasteiger charge is 2.38. The van der Waals surface area contributed by atoms with E-state index in [2.05, 4.69) is 10.6 Å². The van der Waals surface area contributed by atoms with Crippen molar-refractivity contribution in [1.29, 1.82) is 0 Å². The second kappa shape index (κ2) is 7.02. The van der Waals surface area contributed by atoms with Crippen molar-refractivity contribution in [1.82, 2.24) is 15.5 Å². The Hall–Kier alpha value is -2.44. The van der Waals surface area contributed by atoms with E-state index in [1.165, 1.54) is 12.1 Å². The number of nitrogens with one attached hydrogen (secondary N) is 2. The number of nitrogens with zero attached hydrogens (tertiary/aromatic N) is 1. The summed E-state index contributed by atoms with van der Waals surface area (Å²) in [6.07, 6.45) is 1.32. The molecule has 1 fully saturated rings. The van der Waals surface area contributed by atoms with Gasteiger partial charge in [-0.3, -0.25) is 14.5 Å². The van der Waals surface area contributed by atoms with E-state index in [1.54, 1.807) is 12.1 Å². The van der Waals surface area contributed by atoms with Gasteiger partial charge in [-0.15, -0.1) is 0 Å². The van der Waals surface area contributed by atoms with Gasteiger partial charge < -0.3 is 10.6 Å². The quantitative estimate of drug-likeness (QED) is 0.774. The number of carbonyl (C=O) groups excluding carboxylic acids is 3. The largest absolute Gasteiger partial charge is 0.350 e. The number of urea groups is 1. The minimum absolute atomic E-state index is 0.209. The zero-order valence-electron chi connectivity index (χ0n) is 12.3. The van der Waals surface area contributed by atoms with Gasteiger partial charge in [0.25, 0.3) is 5.91 Å². The van der Waals surface area contributed by atoms with E-state index in [9.17, 15) is 18.8 Å². The van der Waals surface area contributed by atoms with Crippen LogP contribution in [0.2, 0.25) is 0 Å². The summed E-state index contributed by atoms with van der Waals surface area (Å²) in [5.41, 5.74) is 0.732. The van der Waals surface area contributed by atoms with E-state index in [4.69, 9.17) is 0 Å². The summed E-state index contributed by atoms with van der Waals surface area (Å²) >= 11 is 0.